The second-order valence-electron chi connectivity index (χ2n) is 8.21. The van der Waals surface area contributed by atoms with Gasteiger partial charge in [-0.15, -0.1) is 0 Å². The van der Waals surface area contributed by atoms with E-state index in [0.29, 0.717) is 40.4 Å². The second kappa shape index (κ2) is 11.2. The molecule has 4 rings (SSSR count). The summed E-state index contributed by atoms with van der Waals surface area (Å²) in [6, 6.07) is 11.1. The zero-order chi connectivity index (χ0) is 26.5. The SMILES string of the molecule is C=CCOc1ccc(C2C(C(=O)c3cc4cccc(OC)c4o3)=C(O)C(=O)N2CCOC)cc1OCC. The number of aliphatic hydroxyl groups is 1. The maximum absolute atomic E-state index is 13.8. The number of furan rings is 1. The number of fused-ring (bicyclic) bond motifs is 1. The number of ketones is 1. The van der Waals surface area contributed by atoms with Crippen molar-refractivity contribution in [1.82, 2.24) is 4.90 Å². The van der Waals surface area contributed by atoms with Crippen LogP contribution in [-0.2, 0) is 9.53 Å². The largest absolute Gasteiger partial charge is 0.503 e. The molecule has 9 nitrogen and oxygen atoms in total. The Morgan fingerprint density at radius 1 is 1.14 bits per heavy atom. The average molecular weight is 508 g/mol. The number of ether oxygens (including phenoxy) is 4. The van der Waals surface area contributed by atoms with Gasteiger partial charge in [0.15, 0.2) is 34.4 Å². The Labute approximate surface area is 214 Å². The first-order valence-corrected chi connectivity index (χ1v) is 11.8. The number of carbonyl (C=O) groups excluding carboxylic acids is 2. The number of nitrogens with zero attached hydrogens (tertiary/aromatic N) is 1. The Balaban J connectivity index is 1.81. The lowest BCUT2D eigenvalue weighted by atomic mass is 9.94. The number of benzene rings is 2. The molecular weight excluding hydrogens is 478 g/mol. The first kappa shape index (κ1) is 25.8. The van der Waals surface area contributed by atoms with Crippen molar-refractivity contribution < 1.29 is 38.1 Å². The van der Waals surface area contributed by atoms with Crippen LogP contribution in [0.15, 0.2) is 70.9 Å². The van der Waals surface area contributed by atoms with E-state index in [-0.39, 0.29) is 31.1 Å². The minimum Gasteiger partial charge on any atom is -0.503 e. The third-order valence-electron chi connectivity index (χ3n) is 5.98. The molecule has 1 amide bonds. The van der Waals surface area contributed by atoms with Gasteiger partial charge in [-0.1, -0.05) is 30.9 Å². The highest BCUT2D eigenvalue weighted by Crippen LogP contribution is 2.42. The highest BCUT2D eigenvalue weighted by atomic mass is 16.5. The van der Waals surface area contributed by atoms with Crippen molar-refractivity contribution in [2.24, 2.45) is 0 Å². The fourth-order valence-corrected chi connectivity index (χ4v) is 4.33. The topological polar surface area (TPSA) is 108 Å². The smallest absolute Gasteiger partial charge is 0.290 e. The molecule has 0 saturated heterocycles. The van der Waals surface area contributed by atoms with Gasteiger partial charge in [0.05, 0.1) is 31.9 Å². The van der Waals surface area contributed by atoms with E-state index in [1.807, 2.05) is 6.92 Å². The summed E-state index contributed by atoms with van der Waals surface area (Å²) >= 11 is 0. The number of para-hydroxylation sites is 1. The molecule has 2 aromatic carbocycles. The molecule has 0 fully saturated rings. The summed E-state index contributed by atoms with van der Waals surface area (Å²) in [7, 11) is 3.01. The molecule has 0 radical (unpaired) electrons. The normalized spacial score (nSPS) is 15.4. The van der Waals surface area contributed by atoms with Gasteiger partial charge in [0.1, 0.15) is 6.61 Å². The summed E-state index contributed by atoms with van der Waals surface area (Å²) in [6.07, 6.45) is 1.62. The van der Waals surface area contributed by atoms with Crippen molar-refractivity contribution >= 4 is 22.7 Å². The fraction of sp³-hybridized carbons (Fsp3) is 0.286. The van der Waals surface area contributed by atoms with E-state index in [2.05, 4.69) is 6.58 Å². The lowest BCUT2D eigenvalue weighted by Crippen LogP contribution is -2.34. The van der Waals surface area contributed by atoms with E-state index in [0.717, 1.165) is 0 Å². The Kier molecular flexibility index (Phi) is 7.83. The summed E-state index contributed by atoms with van der Waals surface area (Å²) in [6.45, 7) is 6.50. The number of methoxy groups -OCH3 is 2. The van der Waals surface area contributed by atoms with Gasteiger partial charge in [-0.2, -0.15) is 0 Å². The number of amides is 1. The van der Waals surface area contributed by atoms with E-state index in [1.165, 1.54) is 19.1 Å². The molecule has 0 aliphatic carbocycles. The first-order chi connectivity index (χ1) is 17.9. The Hall–Kier alpha value is -4.24. The van der Waals surface area contributed by atoms with Crippen molar-refractivity contribution in [3.8, 4) is 17.2 Å². The van der Waals surface area contributed by atoms with E-state index in [4.69, 9.17) is 23.4 Å². The predicted molar refractivity (Wildman–Crippen MR) is 136 cm³/mol. The molecule has 1 N–H and O–H groups in total. The third-order valence-corrected chi connectivity index (χ3v) is 5.98. The molecular formula is C28H29NO8. The predicted octanol–water partition coefficient (Wildman–Crippen LogP) is 4.63. The maximum Gasteiger partial charge on any atom is 0.290 e. The van der Waals surface area contributed by atoms with Gasteiger partial charge < -0.3 is 33.4 Å². The molecule has 0 bridgehead atoms. The second-order valence-corrected chi connectivity index (χ2v) is 8.21. The molecule has 3 aromatic rings. The molecule has 37 heavy (non-hydrogen) atoms. The molecule has 1 aliphatic heterocycles. The lowest BCUT2D eigenvalue weighted by molar-refractivity contribution is -0.130. The van der Waals surface area contributed by atoms with Crippen LogP contribution >= 0.6 is 0 Å². The van der Waals surface area contributed by atoms with Crippen LogP contribution in [0.5, 0.6) is 17.2 Å². The van der Waals surface area contributed by atoms with Gasteiger partial charge in [-0.3, -0.25) is 9.59 Å². The third kappa shape index (κ3) is 4.90. The zero-order valence-corrected chi connectivity index (χ0v) is 21.0. The monoisotopic (exact) mass is 507 g/mol. The Morgan fingerprint density at radius 3 is 2.65 bits per heavy atom. The highest BCUT2D eigenvalue weighted by Gasteiger charge is 2.44. The van der Waals surface area contributed by atoms with Crippen LogP contribution in [0.25, 0.3) is 11.0 Å². The minimum absolute atomic E-state index is 0.0246. The summed E-state index contributed by atoms with van der Waals surface area (Å²) in [5.41, 5.74) is 0.856. The number of rotatable bonds is 12. The van der Waals surface area contributed by atoms with E-state index < -0.39 is 23.5 Å². The van der Waals surface area contributed by atoms with Gasteiger partial charge in [0.2, 0.25) is 5.78 Å². The molecule has 2 heterocycles. The Morgan fingerprint density at radius 2 is 1.95 bits per heavy atom. The van der Waals surface area contributed by atoms with E-state index in [9.17, 15) is 14.7 Å². The van der Waals surface area contributed by atoms with Gasteiger partial charge in [0, 0.05) is 19.0 Å². The standard InChI is InChI=1S/C28H29NO8/c1-5-13-36-19-11-10-17(15-21(19)35-6-2)24-23(26(31)28(32)29(24)12-14-33-3)25(30)22-16-18-8-7-9-20(34-4)27(18)37-22/h5,7-11,15-16,24,31H,1,6,12-14H2,2-4H3. The van der Waals surface area contributed by atoms with Gasteiger partial charge in [-0.05, 0) is 36.8 Å². The van der Waals surface area contributed by atoms with Gasteiger partial charge in [-0.25, -0.2) is 0 Å². The van der Waals surface area contributed by atoms with Crippen LogP contribution in [0.4, 0.5) is 0 Å². The Bertz CT molecular complexity index is 1360. The van der Waals surface area contributed by atoms with Gasteiger partial charge >= 0.3 is 0 Å². The molecule has 0 saturated carbocycles. The van der Waals surface area contributed by atoms with Crippen LogP contribution in [0, 0.1) is 0 Å². The van der Waals surface area contributed by atoms with E-state index >= 15 is 0 Å². The van der Waals surface area contributed by atoms with Crippen LogP contribution in [0.2, 0.25) is 0 Å². The summed E-state index contributed by atoms with van der Waals surface area (Å²) in [5, 5.41) is 11.6. The minimum atomic E-state index is -0.905. The number of hydrogen-bond acceptors (Lipinski definition) is 8. The molecule has 1 aliphatic rings. The van der Waals surface area contributed by atoms with Crippen molar-refractivity contribution in [3.63, 3.8) is 0 Å². The molecule has 0 spiro atoms. The van der Waals surface area contributed by atoms with E-state index in [1.54, 1.807) is 48.5 Å². The molecule has 9 heteroatoms. The number of carbonyl (C=O) groups is 2. The van der Waals surface area contributed by atoms with Crippen LogP contribution < -0.4 is 14.2 Å². The zero-order valence-electron chi connectivity index (χ0n) is 21.0. The molecule has 1 aromatic heterocycles. The summed E-state index contributed by atoms with van der Waals surface area (Å²) in [4.78, 5) is 28.3. The van der Waals surface area contributed by atoms with Crippen molar-refractivity contribution in [3.05, 3.63) is 77.8 Å². The number of aliphatic hydroxyl groups excluding tert-OH is 1. The fourth-order valence-electron chi connectivity index (χ4n) is 4.33. The molecule has 194 valence electrons. The highest BCUT2D eigenvalue weighted by molar-refractivity contribution is 6.16. The average Bonchev–Trinajstić information content (AvgIpc) is 3.45. The molecule has 1 unspecified atom stereocenters. The summed E-state index contributed by atoms with van der Waals surface area (Å²) in [5.74, 6) is -0.557. The van der Waals surface area contributed by atoms with Crippen LogP contribution in [0.1, 0.15) is 29.1 Å². The maximum atomic E-state index is 13.8. The number of hydrogen-bond donors (Lipinski definition) is 1. The van der Waals surface area contributed by atoms with Crippen LogP contribution in [-0.4, -0.2) is 62.3 Å². The number of Topliss-reactive ketones (excluding diaryl/α,β-unsaturated/α-hetero) is 1. The quantitative estimate of drug-likeness (QED) is 0.279. The van der Waals surface area contributed by atoms with Crippen molar-refractivity contribution in [2.75, 3.05) is 40.6 Å². The summed E-state index contributed by atoms with van der Waals surface area (Å²) < 4.78 is 27.8. The van der Waals surface area contributed by atoms with Gasteiger partial charge in [0.25, 0.3) is 5.91 Å². The van der Waals surface area contributed by atoms with Crippen molar-refractivity contribution in [2.45, 2.75) is 13.0 Å². The molecule has 1 atom stereocenters. The lowest BCUT2D eigenvalue weighted by Gasteiger charge is -2.27. The van der Waals surface area contributed by atoms with Crippen molar-refractivity contribution in [1.29, 1.82) is 0 Å². The first-order valence-electron chi connectivity index (χ1n) is 11.8. The van der Waals surface area contributed by atoms with Crippen LogP contribution in [0.3, 0.4) is 0 Å².